The third kappa shape index (κ3) is 3.98. The summed E-state index contributed by atoms with van der Waals surface area (Å²) in [5.74, 6) is -0.918. The first-order valence-corrected chi connectivity index (χ1v) is 4.46. The van der Waals surface area contributed by atoms with Crippen LogP contribution in [0.1, 0.15) is 24.4 Å². The van der Waals surface area contributed by atoms with E-state index in [2.05, 4.69) is 6.58 Å². The van der Waals surface area contributed by atoms with Crippen LogP contribution in [-0.2, 0) is 0 Å². The van der Waals surface area contributed by atoms with Crippen LogP contribution in [0.4, 0.5) is 8.78 Å². The summed E-state index contributed by atoms with van der Waals surface area (Å²) >= 11 is 0. The summed E-state index contributed by atoms with van der Waals surface area (Å²) in [6.07, 6.45) is 2.97. The van der Waals surface area contributed by atoms with Crippen molar-refractivity contribution in [2.45, 2.75) is 18.9 Å². The van der Waals surface area contributed by atoms with Gasteiger partial charge in [0.2, 0.25) is 0 Å². The Kier molecular flexibility index (Phi) is 6.13. The molecule has 1 aromatic rings. The summed E-state index contributed by atoms with van der Waals surface area (Å²) in [4.78, 5) is 0. The summed E-state index contributed by atoms with van der Waals surface area (Å²) in [6.45, 7) is 3.54. The number of halogens is 3. The molecule has 0 aromatic heterocycles. The van der Waals surface area contributed by atoms with Gasteiger partial charge in [-0.2, -0.15) is 0 Å². The summed E-state index contributed by atoms with van der Waals surface area (Å²) in [5.41, 5.74) is 5.92. The quantitative estimate of drug-likeness (QED) is 0.793. The molecule has 4 heteroatoms. The molecule has 15 heavy (non-hydrogen) atoms. The highest BCUT2D eigenvalue weighted by atomic mass is 35.5. The molecule has 0 aliphatic carbocycles. The molecule has 0 amide bonds. The Hall–Kier alpha value is -0.930. The standard InChI is InChI=1S/C11H13F2N.ClH/c1-2-3-4-11(14)9-7-8(12)5-6-10(9)13;/h2,5-7,11H,1,3-4,14H2;1H/t11-;/m0./s1. The first kappa shape index (κ1) is 14.1. The van der Waals surface area contributed by atoms with E-state index >= 15 is 0 Å². The normalized spacial score (nSPS) is 11.7. The van der Waals surface area contributed by atoms with Crippen molar-refractivity contribution in [1.82, 2.24) is 0 Å². The number of nitrogens with two attached hydrogens (primary N) is 1. The fourth-order valence-electron chi connectivity index (χ4n) is 1.25. The molecule has 1 nitrogen and oxygen atoms in total. The van der Waals surface area contributed by atoms with Gasteiger partial charge in [0, 0.05) is 11.6 Å². The maximum atomic E-state index is 13.2. The van der Waals surface area contributed by atoms with Gasteiger partial charge >= 0.3 is 0 Å². The maximum absolute atomic E-state index is 13.2. The topological polar surface area (TPSA) is 26.0 Å². The Morgan fingerprint density at radius 1 is 1.40 bits per heavy atom. The van der Waals surface area contributed by atoms with Gasteiger partial charge in [0.05, 0.1) is 0 Å². The largest absolute Gasteiger partial charge is 0.324 e. The van der Waals surface area contributed by atoms with E-state index in [1.165, 1.54) is 0 Å². The lowest BCUT2D eigenvalue weighted by molar-refractivity contribution is 0.550. The van der Waals surface area contributed by atoms with Crippen LogP contribution in [0, 0.1) is 11.6 Å². The van der Waals surface area contributed by atoms with Gasteiger partial charge in [-0.3, -0.25) is 0 Å². The molecule has 0 saturated carbocycles. The Morgan fingerprint density at radius 3 is 2.67 bits per heavy atom. The minimum atomic E-state index is -0.469. The molecule has 84 valence electrons. The average Bonchev–Trinajstić information content (AvgIpc) is 2.18. The lowest BCUT2D eigenvalue weighted by Crippen LogP contribution is -2.12. The predicted octanol–water partition coefficient (Wildman–Crippen LogP) is 3.35. The minimum Gasteiger partial charge on any atom is -0.324 e. The van der Waals surface area contributed by atoms with Gasteiger partial charge in [-0.1, -0.05) is 6.08 Å². The Balaban J connectivity index is 0.00000196. The van der Waals surface area contributed by atoms with E-state index in [9.17, 15) is 8.78 Å². The highest BCUT2D eigenvalue weighted by Gasteiger charge is 2.11. The van der Waals surface area contributed by atoms with Crippen molar-refractivity contribution in [3.8, 4) is 0 Å². The third-order valence-electron chi connectivity index (χ3n) is 2.04. The van der Waals surface area contributed by atoms with E-state index < -0.39 is 17.7 Å². The van der Waals surface area contributed by atoms with Gasteiger partial charge in [0.1, 0.15) is 11.6 Å². The summed E-state index contributed by atoms with van der Waals surface area (Å²) in [6, 6.07) is 2.85. The molecule has 0 heterocycles. The highest BCUT2D eigenvalue weighted by Crippen LogP contribution is 2.20. The van der Waals surface area contributed by atoms with Crippen molar-refractivity contribution in [3.63, 3.8) is 0 Å². The fraction of sp³-hybridized carbons (Fsp3) is 0.273. The monoisotopic (exact) mass is 233 g/mol. The molecule has 2 N–H and O–H groups in total. The zero-order valence-corrected chi connectivity index (χ0v) is 9.07. The Bertz CT molecular complexity index is 328. The van der Waals surface area contributed by atoms with Gasteiger partial charge in [0.25, 0.3) is 0 Å². The van der Waals surface area contributed by atoms with Crippen LogP contribution in [0.25, 0.3) is 0 Å². The zero-order valence-electron chi connectivity index (χ0n) is 8.25. The smallest absolute Gasteiger partial charge is 0.128 e. The minimum absolute atomic E-state index is 0. The zero-order chi connectivity index (χ0) is 10.6. The molecular weight excluding hydrogens is 220 g/mol. The van der Waals surface area contributed by atoms with Crippen molar-refractivity contribution in [2.75, 3.05) is 0 Å². The molecule has 0 saturated heterocycles. The second kappa shape index (κ2) is 6.53. The molecule has 1 aromatic carbocycles. The van der Waals surface area contributed by atoms with E-state index in [1.54, 1.807) is 6.08 Å². The van der Waals surface area contributed by atoms with E-state index in [0.717, 1.165) is 18.2 Å². The SMILES string of the molecule is C=CCC[C@H](N)c1cc(F)ccc1F.Cl. The van der Waals surface area contributed by atoms with Crippen molar-refractivity contribution in [1.29, 1.82) is 0 Å². The number of rotatable bonds is 4. The van der Waals surface area contributed by atoms with E-state index in [0.29, 0.717) is 12.8 Å². The first-order valence-electron chi connectivity index (χ1n) is 4.46. The van der Waals surface area contributed by atoms with Crippen molar-refractivity contribution < 1.29 is 8.78 Å². The van der Waals surface area contributed by atoms with Gasteiger partial charge in [0.15, 0.2) is 0 Å². The van der Waals surface area contributed by atoms with Crippen LogP contribution in [0.3, 0.4) is 0 Å². The molecule has 0 bridgehead atoms. The van der Waals surface area contributed by atoms with Gasteiger partial charge in [-0.05, 0) is 31.0 Å². The van der Waals surface area contributed by atoms with Crippen LogP contribution in [-0.4, -0.2) is 0 Å². The first-order chi connectivity index (χ1) is 6.65. The number of hydrogen-bond donors (Lipinski definition) is 1. The Labute approximate surface area is 94.4 Å². The van der Waals surface area contributed by atoms with Gasteiger partial charge in [-0.15, -0.1) is 19.0 Å². The molecule has 1 rings (SSSR count). The van der Waals surface area contributed by atoms with E-state index in [-0.39, 0.29) is 18.0 Å². The van der Waals surface area contributed by atoms with E-state index in [1.807, 2.05) is 0 Å². The average molecular weight is 234 g/mol. The second-order valence-corrected chi connectivity index (χ2v) is 3.14. The lowest BCUT2D eigenvalue weighted by Gasteiger charge is -2.11. The molecule has 0 radical (unpaired) electrons. The molecule has 0 spiro atoms. The molecular formula is C11H14ClF2N. The maximum Gasteiger partial charge on any atom is 0.128 e. The molecule has 0 unspecified atom stereocenters. The number of allylic oxidation sites excluding steroid dienone is 1. The van der Waals surface area contributed by atoms with Crippen molar-refractivity contribution >= 4 is 12.4 Å². The van der Waals surface area contributed by atoms with Crippen LogP contribution < -0.4 is 5.73 Å². The molecule has 1 atom stereocenters. The predicted molar refractivity (Wildman–Crippen MR) is 60.0 cm³/mol. The molecule has 0 fully saturated rings. The van der Waals surface area contributed by atoms with Crippen LogP contribution >= 0.6 is 12.4 Å². The molecule has 0 aliphatic rings. The fourth-order valence-corrected chi connectivity index (χ4v) is 1.25. The van der Waals surface area contributed by atoms with E-state index in [4.69, 9.17) is 5.73 Å². The summed E-state index contributed by atoms with van der Waals surface area (Å²) in [5, 5.41) is 0. The van der Waals surface area contributed by atoms with Gasteiger partial charge < -0.3 is 5.73 Å². The van der Waals surface area contributed by atoms with Crippen LogP contribution in [0.2, 0.25) is 0 Å². The summed E-state index contributed by atoms with van der Waals surface area (Å²) < 4.78 is 26.0. The van der Waals surface area contributed by atoms with Crippen molar-refractivity contribution in [2.24, 2.45) is 5.73 Å². The lowest BCUT2D eigenvalue weighted by atomic mass is 10.0. The number of hydrogen-bond acceptors (Lipinski definition) is 1. The van der Waals surface area contributed by atoms with Gasteiger partial charge in [-0.25, -0.2) is 8.78 Å². The summed E-state index contributed by atoms with van der Waals surface area (Å²) in [7, 11) is 0. The second-order valence-electron chi connectivity index (χ2n) is 3.14. The van der Waals surface area contributed by atoms with Crippen LogP contribution in [0.15, 0.2) is 30.9 Å². The van der Waals surface area contributed by atoms with Crippen molar-refractivity contribution in [3.05, 3.63) is 48.1 Å². The Morgan fingerprint density at radius 2 is 2.07 bits per heavy atom. The number of benzene rings is 1. The molecule has 0 aliphatic heterocycles. The third-order valence-corrected chi connectivity index (χ3v) is 2.04. The van der Waals surface area contributed by atoms with Crippen LogP contribution in [0.5, 0.6) is 0 Å². The highest BCUT2D eigenvalue weighted by molar-refractivity contribution is 5.85.